The summed E-state index contributed by atoms with van der Waals surface area (Å²) in [5.74, 6) is 1.80. The molecule has 0 bridgehead atoms. The number of hydrogen-bond donors (Lipinski definition) is 0. The van der Waals surface area contributed by atoms with Crippen molar-refractivity contribution in [1.29, 1.82) is 0 Å². The molecule has 1 aliphatic carbocycles. The van der Waals surface area contributed by atoms with Crippen LogP contribution in [0.25, 0.3) is 22.4 Å². The first-order chi connectivity index (χ1) is 16.1. The molecule has 1 unspecified atom stereocenters. The number of hydrogen-bond acceptors (Lipinski definition) is 4. The second-order valence-corrected chi connectivity index (χ2v) is 8.59. The molecule has 0 aliphatic heterocycles. The van der Waals surface area contributed by atoms with Gasteiger partial charge < -0.3 is 9.32 Å². The quantitative estimate of drug-likeness (QED) is 0.214. The third-order valence-corrected chi connectivity index (χ3v) is 5.54. The van der Waals surface area contributed by atoms with Crippen LogP contribution in [0.1, 0.15) is 59.1 Å². The average Bonchev–Trinajstić information content (AvgIpc) is 3.20. The van der Waals surface area contributed by atoms with Gasteiger partial charge in [0.25, 0.3) is 0 Å². The Morgan fingerprint density at radius 3 is 2.03 bits per heavy atom. The van der Waals surface area contributed by atoms with Crippen molar-refractivity contribution in [2.24, 2.45) is 5.92 Å². The number of aromatic nitrogens is 1. The number of rotatable bonds is 5. The van der Waals surface area contributed by atoms with E-state index in [0.29, 0.717) is 0 Å². The van der Waals surface area contributed by atoms with Crippen molar-refractivity contribution in [3.8, 4) is 22.4 Å². The molecule has 33 heavy (non-hydrogen) atoms. The molecular weight excluding hydrogens is 426 g/mol. The van der Waals surface area contributed by atoms with Gasteiger partial charge in [-0.05, 0) is 56.6 Å². The van der Waals surface area contributed by atoms with Crippen molar-refractivity contribution in [2.75, 3.05) is 6.26 Å². The highest BCUT2D eigenvalue weighted by atomic mass is 32.2. The molecule has 4 heteroatoms. The fourth-order valence-electron chi connectivity index (χ4n) is 3.18. The summed E-state index contributed by atoms with van der Waals surface area (Å²) in [5.41, 5.74) is 4.19. The maximum absolute atomic E-state index is 8.81. The first kappa shape index (κ1) is 28.4. The van der Waals surface area contributed by atoms with Crippen molar-refractivity contribution >= 4 is 18.0 Å². The van der Waals surface area contributed by atoms with E-state index in [0.717, 1.165) is 40.3 Å². The molecule has 0 radical (unpaired) electrons. The van der Waals surface area contributed by atoms with Gasteiger partial charge in [0, 0.05) is 10.5 Å². The van der Waals surface area contributed by atoms with Gasteiger partial charge in [0.2, 0.25) is 0 Å². The molecule has 3 aromatic rings. The van der Waals surface area contributed by atoms with Crippen LogP contribution in [0.4, 0.5) is 0 Å². The number of benzene rings is 2. The van der Waals surface area contributed by atoms with E-state index in [1.54, 1.807) is 11.8 Å². The zero-order chi connectivity index (χ0) is 24.5. The van der Waals surface area contributed by atoms with Crippen LogP contribution in [0, 0.1) is 12.8 Å². The predicted octanol–water partition coefficient (Wildman–Crippen LogP) is 9.02. The number of allylic oxidation sites excluding steroid dienone is 2. The van der Waals surface area contributed by atoms with Crippen molar-refractivity contribution in [1.82, 2.24) is 5.16 Å². The lowest BCUT2D eigenvalue weighted by atomic mass is 9.91. The minimum Gasteiger partial charge on any atom is -0.360 e. The molecule has 1 atom stereocenters. The molecule has 0 spiro atoms. The Bertz CT molecular complexity index is 930. The molecule has 0 N–H and O–H groups in total. The van der Waals surface area contributed by atoms with Gasteiger partial charge in [0.15, 0.2) is 0 Å². The van der Waals surface area contributed by atoms with Gasteiger partial charge in [-0.2, -0.15) is 0 Å². The second kappa shape index (κ2) is 17.0. The van der Waals surface area contributed by atoms with Crippen molar-refractivity contribution in [2.45, 2.75) is 65.2 Å². The molecular formula is C29H39NO2S. The van der Waals surface area contributed by atoms with Gasteiger partial charge in [0.05, 0.1) is 5.56 Å². The Labute approximate surface area is 204 Å². The molecule has 0 saturated heterocycles. The monoisotopic (exact) mass is 465 g/mol. The van der Waals surface area contributed by atoms with Crippen LogP contribution in [0.2, 0.25) is 0 Å². The summed E-state index contributed by atoms with van der Waals surface area (Å²) in [4.78, 5) is 10.1. The first-order valence-corrected chi connectivity index (χ1v) is 13.0. The van der Waals surface area contributed by atoms with Crippen LogP contribution in [0.5, 0.6) is 0 Å². The third kappa shape index (κ3) is 9.83. The van der Waals surface area contributed by atoms with Crippen LogP contribution in [0.3, 0.4) is 0 Å². The van der Waals surface area contributed by atoms with Gasteiger partial charge in [0.1, 0.15) is 17.7 Å². The normalized spacial score (nSPS) is 13.2. The van der Waals surface area contributed by atoms with Crippen molar-refractivity contribution < 1.29 is 9.32 Å². The molecule has 4 rings (SSSR count). The summed E-state index contributed by atoms with van der Waals surface area (Å²) in [6.07, 6.45) is 12.7. The molecule has 1 heterocycles. The smallest absolute Gasteiger partial charge is 0.142 e. The van der Waals surface area contributed by atoms with Gasteiger partial charge in [-0.3, -0.25) is 0 Å². The molecule has 0 amide bonds. The molecule has 1 aromatic heterocycles. The minimum absolute atomic E-state index is 0.750. The highest BCUT2D eigenvalue weighted by Gasteiger charge is 2.16. The predicted molar refractivity (Wildman–Crippen MR) is 144 cm³/mol. The molecule has 3 nitrogen and oxygen atoms in total. The summed E-state index contributed by atoms with van der Waals surface area (Å²) in [7, 11) is 0. The van der Waals surface area contributed by atoms with E-state index >= 15 is 0 Å². The number of thioether (sulfide) groups is 1. The minimum atomic E-state index is 0.750. The molecule has 178 valence electrons. The fraction of sp³-hybridized carbons (Fsp3) is 0.379. The highest BCUT2D eigenvalue weighted by molar-refractivity contribution is 7.98. The summed E-state index contributed by atoms with van der Waals surface area (Å²) in [5, 5.41) is 4.22. The number of aryl methyl sites for hydroxylation is 1. The Kier molecular flexibility index (Phi) is 14.6. The Balaban J connectivity index is 0.000000346. The summed E-state index contributed by atoms with van der Waals surface area (Å²) in [6.45, 7) is 9.89. The van der Waals surface area contributed by atoms with Gasteiger partial charge in [-0.25, -0.2) is 0 Å². The van der Waals surface area contributed by atoms with Crippen molar-refractivity contribution in [3.63, 3.8) is 0 Å². The highest BCUT2D eigenvalue weighted by Crippen LogP contribution is 2.34. The van der Waals surface area contributed by atoms with E-state index in [9.17, 15) is 0 Å². The van der Waals surface area contributed by atoms with Gasteiger partial charge in [-0.1, -0.05) is 93.4 Å². The topological polar surface area (TPSA) is 43.1 Å². The van der Waals surface area contributed by atoms with E-state index in [1.807, 2.05) is 25.1 Å². The number of aldehydes is 1. The van der Waals surface area contributed by atoms with E-state index in [4.69, 9.17) is 9.32 Å². The van der Waals surface area contributed by atoms with Crippen LogP contribution < -0.4 is 0 Å². The number of carbonyl (C=O) groups excluding carboxylic acids is 1. The third-order valence-electron chi connectivity index (χ3n) is 4.80. The fourth-order valence-corrected chi connectivity index (χ4v) is 3.58. The molecule has 0 saturated carbocycles. The molecule has 2 aromatic carbocycles. The van der Waals surface area contributed by atoms with Crippen LogP contribution in [-0.4, -0.2) is 17.7 Å². The lowest BCUT2D eigenvalue weighted by molar-refractivity contribution is -0.106. The number of nitrogens with zero attached hydrogens (tertiary/aromatic N) is 1. The van der Waals surface area contributed by atoms with E-state index in [-0.39, 0.29) is 0 Å². The van der Waals surface area contributed by atoms with E-state index in [1.165, 1.54) is 37.5 Å². The summed E-state index contributed by atoms with van der Waals surface area (Å²) in [6, 6.07) is 18.6. The van der Waals surface area contributed by atoms with Gasteiger partial charge in [-0.15, -0.1) is 11.8 Å². The lowest BCUT2D eigenvalue weighted by Crippen LogP contribution is -2.00. The van der Waals surface area contributed by atoms with Crippen LogP contribution >= 0.6 is 11.8 Å². The molecule has 1 aliphatic rings. The Morgan fingerprint density at radius 1 is 1.03 bits per heavy atom. The maximum atomic E-state index is 8.81. The largest absolute Gasteiger partial charge is 0.360 e. The molecule has 0 fully saturated rings. The summed E-state index contributed by atoms with van der Waals surface area (Å²) >= 11 is 1.74. The van der Waals surface area contributed by atoms with E-state index < -0.39 is 0 Å². The standard InChI is InChI=1S/C17H15NOS.C7H12.C3H8.C2H4O/c1-12-16(13-8-10-15(20-2)11-9-13)17(18-19-12)14-6-4-3-5-7-14;1-2-4-7-5-3-6-7;1-3-2;1-2-3/h3-11H,1-2H3;3,5,7H,2,4,6H2,1H3;3H2,1-2H3;2H,1H3. The van der Waals surface area contributed by atoms with Crippen LogP contribution in [-0.2, 0) is 4.79 Å². The Morgan fingerprint density at radius 2 is 1.61 bits per heavy atom. The van der Waals surface area contributed by atoms with Crippen LogP contribution in [0.15, 0.2) is 76.2 Å². The van der Waals surface area contributed by atoms with Crippen molar-refractivity contribution in [3.05, 3.63) is 72.5 Å². The zero-order valence-electron chi connectivity index (χ0n) is 21.0. The lowest BCUT2D eigenvalue weighted by Gasteiger charge is -2.15. The second-order valence-electron chi connectivity index (χ2n) is 7.71. The summed E-state index contributed by atoms with van der Waals surface area (Å²) < 4.78 is 5.41. The SMILES string of the molecule is CC=O.CCC.CCCC1C=CC1.CSc1ccc(-c2c(-c3ccccc3)noc2C)cc1. The van der Waals surface area contributed by atoms with Gasteiger partial charge >= 0.3 is 0 Å². The Hall–Kier alpha value is -2.59. The number of carbonyl (C=O) groups is 1. The van der Waals surface area contributed by atoms with E-state index in [2.05, 4.69) is 80.7 Å². The first-order valence-electron chi connectivity index (χ1n) is 11.8. The zero-order valence-corrected chi connectivity index (χ0v) is 21.8. The average molecular weight is 466 g/mol. The maximum Gasteiger partial charge on any atom is 0.142 e.